The highest BCUT2D eigenvalue weighted by atomic mass is 16.2. The van der Waals surface area contributed by atoms with E-state index in [9.17, 15) is 4.79 Å². The number of likely N-dealkylation sites (tertiary alicyclic amines) is 1. The third kappa shape index (κ3) is 3.14. The largest absolute Gasteiger partial charge is 0.339 e. The standard InChI is InChI=1S/C18H24N4O/c1-4-21-10-7-19-17(21)15-5-8-22(9-6-15)18(23)16-11-13(2)14(3)20-12-16/h7,10-12,15H,4-6,8-9H2,1-3H3. The molecule has 2 aromatic heterocycles. The van der Waals surface area contributed by atoms with Crippen LogP contribution < -0.4 is 0 Å². The van der Waals surface area contributed by atoms with Gasteiger partial charge in [-0.05, 0) is 45.2 Å². The van der Waals surface area contributed by atoms with Crippen molar-refractivity contribution in [1.29, 1.82) is 0 Å². The van der Waals surface area contributed by atoms with Gasteiger partial charge in [0.1, 0.15) is 5.82 Å². The summed E-state index contributed by atoms with van der Waals surface area (Å²) in [5, 5.41) is 0. The Morgan fingerprint density at radius 1 is 1.26 bits per heavy atom. The Hall–Kier alpha value is -2.17. The minimum atomic E-state index is 0.0953. The molecular formula is C18H24N4O. The van der Waals surface area contributed by atoms with Gasteiger partial charge in [-0.1, -0.05) is 0 Å². The first-order chi connectivity index (χ1) is 11.1. The number of nitrogens with zero attached hydrogens (tertiary/aromatic N) is 4. The minimum absolute atomic E-state index is 0.0953. The number of piperidine rings is 1. The van der Waals surface area contributed by atoms with Crippen LogP contribution in [0, 0.1) is 13.8 Å². The van der Waals surface area contributed by atoms with Crippen molar-refractivity contribution in [3.05, 3.63) is 47.3 Å². The van der Waals surface area contributed by atoms with Gasteiger partial charge in [-0.2, -0.15) is 0 Å². The van der Waals surface area contributed by atoms with E-state index in [-0.39, 0.29) is 5.91 Å². The van der Waals surface area contributed by atoms with Crippen LogP contribution in [-0.2, 0) is 6.54 Å². The van der Waals surface area contributed by atoms with Crippen molar-refractivity contribution in [3.8, 4) is 0 Å². The van der Waals surface area contributed by atoms with Crippen LogP contribution in [0.3, 0.4) is 0 Å². The number of imidazole rings is 1. The van der Waals surface area contributed by atoms with Gasteiger partial charge in [0.2, 0.25) is 0 Å². The highest BCUT2D eigenvalue weighted by Gasteiger charge is 2.27. The monoisotopic (exact) mass is 312 g/mol. The lowest BCUT2D eigenvalue weighted by Crippen LogP contribution is -2.38. The van der Waals surface area contributed by atoms with E-state index in [4.69, 9.17) is 0 Å². The van der Waals surface area contributed by atoms with Gasteiger partial charge in [-0.15, -0.1) is 0 Å². The van der Waals surface area contributed by atoms with E-state index in [1.54, 1.807) is 6.20 Å². The zero-order valence-electron chi connectivity index (χ0n) is 14.1. The van der Waals surface area contributed by atoms with E-state index in [2.05, 4.69) is 21.5 Å². The molecule has 0 spiro atoms. The highest BCUT2D eigenvalue weighted by molar-refractivity contribution is 5.94. The molecule has 1 saturated heterocycles. The lowest BCUT2D eigenvalue weighted by Gasteiger charge is -2.32. The molecule has 0 radical (unpaired) electrons. The molecule has 5 heteroatoms. The first-order valence-corrected chi connectivity index (χ1v) is 8.33. The van der Waals surface area contributed by atoms with Crippen molar-refractivity contribution in [2.24, 2.45) is 0 Å². The van der Waals surface area contributed by atoms with Gasteiger partial charge in [0.05, 0.1) is 5.56 Å². The Morgan fingerprint density at radius 3 is 2.65 bits per heavy atom. The van der Waals surface area contributed by atoms with Gasteiger partial charge in [0.25, 0.3) is 5.91 Å². The van der Waals surface area contributed by atoms with Gasteiger partial charge in [-0.3, -0.25) is 9.78 Å². The summed E-state index contributed by atoms with van der Waals surface area (Å²) in [4.78, 5) is 23.4. The predicted molar refractivity (Wildman–Crippen MR) is 89.5 cm³/mol. The van der Waals surface area contributed by atoms with Crippen molar-refractivity contribution >= 4 is 5.91 Å². The Labute approximate surface area is 137 Å². The molecular weight excluding hydrogens is 288 g/mol. The number of rotatable bonds is 3. The normalized spacial score (nSPS) is 15.9. The van der Waals surface area contributed by atoms with E-state index in [1.165, 1.54) is 0 Å². The summed E-state index contributed by atoms with van der Waals surface area (Å²) in [5.74, 6) is 1.71. The molecule has 2 aromatic rings. The zero-order chi connectivity index (χ0) is 16.4. The molecule has 0 aliphatic carbocycles. The molecule has 1 aliphatic heterocycles. The number of amides is 1. The van der Waals surface area contributed by atoms with Crippen LogP contribution in [0.5, 0.6) is 0 Å². The average molecular weight is 312 g/mol. The number of aromatic nitrogens is 3. The number of carbonyl (C=O) groups excluding carboxylic acids is 1. The van der Waals surface area contributed by atoms with Gasteiger partial charge in [0, 0.05) is 49.8 Å². The Balaban J connectivity index is 1.66. The predicted octanol–water partition coefficient (Wildman–Crippen LogP) is 2.93. The molecule has 0 aromatic carbocycles. The quantitative estimate of drug-likeness (QED) is 0.875. The Morgan fingerprint density at radius 2 is 2.00 bits per heavy atom. The maximum atomic E-state index is 12.6. The van der Waals surface area contributed by atoms with Crippen LogP contribution in [0.2, 0.25) is 0 Å². The first-order valence-electron chi connectivity index (χ1n) is 8.33. The molecule has 1 aliphatic rings. The highest BCUT2D eigenvalue weighted by Crippen LogP contribution is 2.27. The molecule has 122 valence electrons. The van der Waals surface area contributed by atoms with Crippen molar-refractivity contribution in [2.75, 3.05) is 13.1 Å². The third-order valence-corrected chi connectivity index (χ3v) is 4.82. The van der Waals surface area contributed by atoms with Gasteiger partial charge < -0.3 is 9.47 Å². The third-order valence-electron chi connectivity index (χ3n) is 4.82. The van der Waals surface area contributed by atoms with Gasteiger partial charge in [0.15, 0.2) is 0 Å². The molecule has 5 nitrogen and oxygen atoms in total. The van der Waals surface area contributed by atoms with Crippen molar-refractivity contribution < 1.29 is 4.79 Å². The fourth-order valence-corrected chi connectivity index (χ4v) is 3.23. The second kappa shape index (κ2) is 6.52. The van der Waals surface area contributed by atoms with E-state index >= 15 is 0 Å². The zero-order valence-corrected chi connectivity index (χ0v) is 14.1. The summed E-state index contributed by atoms with van der Waals surface area (Å²) in [6.45, 7) is 8.61. The van der Waals surface area contributed by atoms with Gasteiger partial charge >= 0.3 is 0 Å². The van der Waals surface area contributed by atoms with E-state index in [0.717, 1.165) is 49.6 Å². The molecule has 3 heterocycles. The van der Waals surface area contributed by atoms with Crippen molar-refractivity contribution in [1.82, 2.24) is 19.4 Å². The van der Waals surface area contributed by atoms with Crippen LogP contribution in [0.1, 0.15) is 53.1 Å². The smallest absolute Gasteiger partial charge is 0.255 e. The number of hydrogen-bond donors (Lipinski definition) is 0. The average Bonchev–Trinajstić information content (AvgIpc) is 3.05. The molecule has 0 bridgehead atoms. The summed E-state index contributed by atoms with van der Waals surface area (Å²) in [6, 6.07) is 1.94. The maximum Gasteiger partial charge on any atom is 0.255 e. The molecule has 0 unspecified atom stereocenters. The number of carbonyl (C=O) groups is 1. The number of aryl methyl sites for hydroxylation is 3. The fourth-order valence-electron chi connectivity index (χ4n) is 3.23. The molecule has 23 heavy (non-hydrogen) atoms. The van der Waals surface area contributed by atoms with E-state index in [1.807, 2.05) is 37.2 Å². The van der Waals surface area contributed by atoms with E-state index < -0.39 is 0 Å². The summed E-state index contributed by atoms with van der Waals surface area (Å²) in [6.07, 6.45) is 7.55. The van der Waals surface area contributed by atoms with Gasteiger partial charge in [-0.25, -0.2) is 4.98 Å². The summed E-state index contributed by atoms with van der Waals surface area (Å²) in [7, 11) is 0. The SMILES string of the molecule is CCn1ccnc1C1CCN(C(=O)c2cnc(C)c(C)c2)CC1. The van der Waals surface area contributed by atoms with Crippen molar-refractivity contribution in [2.45, 2.75) is 46.1 Å². The Kier molecular flexibility index (Phi) is 4.46. The Bertz CT molecular complexity index is 699. The number of pyridine rings is 1. The first kappa shape index (κ1) is 15.7. The second-order valence-electron chi connectivity index (χ2n) is 6.26. The lowest BCUT2D eigenvalue weighted by molar-refractivity contribution is 0.0710. The molecule has 1 amide bonds. The topological polar surface area (TPSA) is 51.0 Å². The molecule has 0 N–H and O–H groups in total. The number of hydrogen-bond acceptors (Lipinski definition) is 3. The maximum absolute atomic E-state index is 12.6. The summed E-state index contributed by atoms with van der Waals surface area (Å²) in [5.41, 5.74) is 2.74. The van der Waals surface area contributed by atoms with Crippen LogP contribution >= 0.6 is 0 Å². The lowest BCUT2D eigenvalue weighted by atomic mass is 9.95. The summed E-state index contributed by atoms with van der Waals surface area (Å²) >= 11 is 0. The molecule has 0 saturated carbocycles. The van der Waals surface area contributed by atoms with Crippen LogP contribution in [0.15, 0.2) is 24.7 Å². The minimum Gasteiger partial charge on any atom is -0.339 e. The molecule has 0 atom stereocenters. The van der Waals surface area contributed by atoms with Crippen LogP contribution in [0.4, 0.5) is 0 Å². The fraction of sp³-hybridized carbons (Fsp3) is 0.500. The van der Waals surface area contributed by atoms with E-state index in [0.29, 0.717) is 11.5 Å². The van der Waals surface area contributed by atoms with Crippen LogP contribution in [0.25, 0.3) is 0 Å². The van der Waals surface area contributed by atoms with Crippen molar-refractivity contribution in [3.63, 3.8) is 0 Å². The van der Waals surface area contributed by atoms with Crippen LogP contribution in [-0.4, -0.2) is 38.4 Å². The molecule has 3 rings (SSSR count). The summed E-state index contributed by atoms with van der Waals surface area (Å²) < 4.78 is 2.20. The second-order valence-corrected chi connectivity index (χ2v) is 6.26. The molecule has 1 fully saturated rings.